The molecule has 0 radical (unpaired) electrons. The fraction of sp³-hybridized carbons (Fsp3) is 0.438. The Bertz CT molecular complexity index is 664. The average molecular weight is 376 g/mol. The molecule has 0 bridgehead atoms. The zero-order valence-electron chi connectivity index (χ0n) is 12.8. The first-order valence-electron chi connectivity index (χ1n) is 7.67. The van der Waals surface area contributed by atoms with Gasteiger partial charge in [0.15, 0.2) is 0 Å². The molecule has 0 aliphatic carbocycles. The Hall–Kier alpha value is -1.31. The van der Waals surface area contributed by atoms with Crippen molar-refractivity contribution >= 4 is 28.8 Å². The maximum Gasteiger partial charge on any atom is 0.417 e. The largest absolute Gasteiger partial charge is 0.417 e. The van der Waals surface area contributed by atoms with Gasteiger partial charge in [-0.1, -0.05) is 11.6 Å². The van der Waals surface area contributed by atoms with E-state index in [4.69, 9.17) is 11.6 Å². The van der Waals surface area contributed by atoms with Crippen LogP contribution in [0, 0.1) is 0 Å². The molecule has 8 heteroatoms. The summed E-state index contributed by atoms with van der Waals surface area (Å²) < 4.78 is 38.5. The number of hydrogen-bond donors (Lipinski definition) is 1. The summed E-state index contributed by atoms with van der Waals surface area (Å²) in [6.45, 7) is 2.35. The van der Waals surface area contributed by atoms with Crippen molar-refractivity contribution in [3.63, 3.8) is 0 Å². The fourth-order valence-corrected chi connectivity index (χ4v) is 3.78. The molecule has 0 amide bonds. The van der Waals surface area contributed by atoms with E-state index in [0.717, 1.165) is 49.1 Å². The topological polar surface area (TPSA) is 28.2 Å². The Kier molecular flexibility index (Phi) is 5.32. The first-order valence-corrected chi connectivity index (χ1v) is 8.87. The van der Waals surface area contributed by atoms with Gasteiger partial charge in [-0.3, -0.25) is 0 Å². The van der Waals surface area contributed by atoms with Gasteiger partial charge >= 0.3 is 6.18 Å². The van der Waals surface area contributed by atoms with Crippen molar-refractivity contribution in [3.05, 3.63) is 45.2 Å². The molecule has 1 aliphatic rings. The highest BCUT2D eigenvalue weighted by molar-refractivity contribution is 7.16. The Balaban J connectivity index is 1.49. The number of pyridine rings is 1. The third kappa shape index (κ3) is 4.40. The highest BCUT2D eigenvalue weighted by atomic mass is 35.5. The number of alkyl halides is 3. The molecule has 1 N–H and O–H groups in total. The molecule has 24 heavy (non-hydrogen) atoms. The molecule has 2 aromatic rings. The molecular formula is C16H17ClF3N3S. The van der Waals surface area contributed by atoms with Gasteiger partial charge in [0.2, 0.25) is 0 Å². The number of halogens is 4. The molecule has 0 atom stereocenters. The monoisotopic (exact) mass is 375 g/mol. The summed E-state index contributed by atoms with van der Waals surface area (Å²) in [5.41, 5.74) is -0.711. The Morgan fingerprint density at radius 3 is 2.50 bits per heavy atom. The van der Waals surface area contributed by atoms with Crippen molar-refractivity contribution in [2.24, 2.45) is 0 Å². The fourth-order valence-electron chi connectivity index (χ4n) is 2.75. The third-order valence-corrected chi connectivity index (χ3v) is 5.32. The lowest BCUT2D eigenvalue weighted by Gasteiger charge is -2.33. The standard InChI is InChI=1S/C16H17ClF3N3S/c17-14-3-2-13(24-14)10-21-12-5-7-23(8-6-12)15-4-1-11(9-22-15)16(18,19)20/h1-4,9,12,21H,5-8,10H2. The van der Waals surface area contributed by atoms with Gasteiger partial charge < -0.3 is 10.2 Å². The number of aromatic nitrogens is 1. The van der Waals surface area contributed by atoms with Crippen LogP contribution < -0.4 is 10.2 Å². The molecule has 3 rings (SSSR count). The Labute approximate surface area is 147 Å². The van der Waals surface area contributed by atoms with Crippen molar-refractivity contribution < 1.29 is 13.2 Å². The minimum Gasteiger partial charge on any atom is -0.357 e. The van der Waals surface area contributed by atoms with Crippen LogP contribution in [0.5, 0.6) is 0 Å². The van der Waals surface area contributed by atoms with E-state index in [-0.39, 0.29) is 0 Å². The second-order valence-electron chi connectivity index (χ2n) is 5.75. The van der Waals surface area contributed by atoms with Crippen LogP contribution >= 0.6 is 22.9 Å². The maximum atomic E-state index is 12.6. The first-order chi connectivity index (χ1) is 11.4. The maximum absolute atomic E-state index is 12.6. The van der Waals surface area contributed by atoms with Gasteiger partial charge in [0, 0.05) is 36.8 Å². The molecular weight excluding hydrogens is 359 g/mol. The molecule has 0 spiro atoms. The number of rotatable bonds is 4. The first kappa shape index (κ1) is 17.5. The van der Waals surface area contributed by atoms with Crippen LogP contribution in [-0.2, 0) is 12.7 Å². The van der Waals surface area contributed by atoms with Gasteiger partial charge in [0.05, 0.1) is 9.90 Å². The lowest BCUT2D eigenvalue weighted by molar-refractivity contribution is -0.137. The number of anilines is 1. The third-order valence-electron chi connectivity index (χ3n) is 4.09. The smallest absolute Gasteiger partial charge is 0.357 e. The molecule has 0 aromatic carbocycles. The highest BCUT2D eigenvalue weighted by Crippen LogP contribution is 2.30. The minimum atomic E-state index is -4.34. The van der Waals surface area contributed by atoms with Gasteiger partial charge in [-0.25, -0.2) is 4.98 Å². The molecule has 2 aromatic heterocycles. The molecule has 1 saturated heterocycles. The van der Waals surface area contributed by atoms with Crippen LogP contribution in [0.1, 0.15) is 23.3 Å². The summed E-state index contributed by atoms with van der Waals surface area (Å²) in [6, 6.07) is 6.84. The predicted octanol–water partition coefficient (Wildman–Crippen LogP) is 4.57. The zero-order chi connectivity index (χ0) is 17.2. The van der Waals surface area contributed by atoms with Crippen LogP contribution in [0.25, 0.3) is 0 Å². The summed E-state index contributed by atoms with van der Waals surface area (Å²) in [5, 5.41) is 3.51. The molecule has 130 valence electrons. The van der Waals surface area contributed by atoms with Crippen molar-refractivity contribution in [1.82, 2.24) is 10.3 Å². The molecule has 0 unspecified atom stereocenters. The van der Waals surface area contributed by atoms with Gasteiger partial charge in [-0.2, -0.15) is 13.2 Å². The van der Waals surface area contributed by atoms with Crippen molar-refractivity contribution in [2.45, 2.75) is 31.6 Å². The summed E-state index contributed by atoms with van der Waals surface area (Å²) in [6.07, 6.45) is -1.57. The highest BCUT2D eigenvalue weighted by Gasteiger charge is 2.31. The van der Waals surface area contributed by atoms with Gasteiger partial charge in [-0.05, 0) is 37.1 Å². The normalized spacial score (nSPS) is 16.6. The van der Waals surface area contributed by atoms with Crippen molar-refractivity contribution in [1.29, 1.82) is 0 Å². The van der Waals surface area contributed by atoms with Gasteiger partial charge in [-0.15, -0.1) is 11.3 Å². The van der Waals surface area contributed by atoms with E-state index < -0.39 is 11.7 Å². The summed E-state index contributed by atoms with van der Waals surface area (Å²) in [5.74, 6) is 0.603. The van der Waals surface area contributed by atoms with Crippen LogP contribution in [0.2, 0.25) is 4.34 Å². The minimum absolute atomic E-state index is 0.400. The predicted molar refractivity (Wildman–Crippen MR) is 90.6 cm³/mol. The van der Waals surface area contributed by atoms with E-state index in [1.807, 2.05) is 17.0 Å². The molecule has 3 heterocycles. The molecule has 1 fully saturated rings. The second-order valence-corrected chi connectivity index (χ2v) is 7.55. The summed E-state index contributed by atoms with van der Waals surface area (Å²) >= 11 is 7.48. The van der Waals surface area contributed by atoms with E-state index in [2.05, 4.69) is 10.3 Å². The lowest BCUT2D eigenvalue weighted by atomic mass is 10.0. The van der Waals surface area contributed by atoms with Crippen molar-refractivity contribution in [2.75, 3.05) is 18.0 Å². The van der Waals surface area contributed by atoms with E-state index in [9.17, 15) is 13.2 Å². The zero-order valence-corrected chi connectivity index (χ0v) is 14.4. The lowest BCUT2D eigenvalue weighted by Crippen LogP contribution is -2.42. The second kappa shape index (κ2) is 7.29. The van der Waals surface area contributed by atoms with Crippen LogP contribution in [0.4, 0.5) is 19.0 Å². The molecule has 3 nitrogen and oxygen atoms in total. The van der Waals surface area contributed by atoms with Crippen LogP contribution in [0.15, 0.2) is 30.5 Å². The SMILES string of the molecule is FC(F)(F)c1ccc(N2CCC(NCc3ccc(Cl)s3)CC2)nc1. The number of hydrogen-bond acceptors (Lipinski definition) is 4. The average Bonchev–Trinajstić information content (AvgIpc) is 2.98. The quantitative estimate of drug-likeness (QED) is 0.848. The summed E-state index contributed by atoms with van der Waals surface area (Å²) in [7, 11) is 0. The molecule has 1 aliphatic heterocycles. The van der Waals surface area contributed by atoms with Gasteiger partial charge in [0.25, 0.3) is 0 Å². The number of thiophene rings is 1. The number of nitrogens with one attached hydrogen (secondary N) is 1. The van der Waals surface area contributed by atoms with Crippen LogP contribution in [-0.4, -0.2) is 24.1 Å². The molecule has 0 saturated carbocycles. The number of nitrogens with zero attached hydrogens (tertiary/aromatic N) is 2. The number of piperidine rings is 1. The van der Waals surface area contributed by atoms with E-state index >= 15 is 0 Å². The van der Waals surface area contributed by atoms with E-state index in [1.54, 1.807) is 11.3 Å². The van der Waals surface area contributed by atoms with E-state index in [1.165, 1.54) is 10.9 Å². The van der Waals surface area contributed by atoms with Crippen LogP contribution in [0.3, 0.4) is 0 Å². The Morgan fingerprint density at radius 2 is 1.96 bits per heavy atom. The van der Waals surface area contributed by atoms with Crippen molar-refractivity contribution in [3.8, 4) is 0 Å². The van der Waals surface area contributed by atoms with E-state index in [0.29, 0.717) is 11.9 Å². The summed E-state index contributed by atoms with van der Waals surface area (Å²) in [4.78, 5) is 7.19. The van der Waals surface area contributed by atoms with Gasteiger partial charge in [0.1, 0.15) is 5.82 Å². The Morgan fingerprint density at radius 1 is 1.21 bits per heavy atom.